The molecule has 0 amide bonds. The Balaban J connectivity index is 2.46. The van der Waals surface area contributed by atoms with E-state index in [4.69, 9.17) is 27.9 Å². The molecule has 0 unspecified atom stereocenters. The molecular weight excluding hydrogens is 253 g/mol. The van der Waals surface area contributed by atoms with Crippen molar-refractivity contribution in [3.05, 3.63) is 28.4 Å². The quantitative estimate of drug-likeness (QED) is 0.477. The highest BCUT2D eigenvalue weighted by Gasteiger charge is 2.11. The van der Waals surface area contributed by atoms with Gasteiger partial charge in [0.1, 0.15) is 12.1 Å². The van der Waals surface area contributed by atoms with Gasteiger partial charge in [-0.1, -0.05) is 11.6 Å². The van der Waals surface area contributed by atoms with Crippen molar-refractivity contribution in [3.8, 4) is 6.01 Å². The number of hydrogen-bond donors (Lipinski definition) is 0. The van der Waals surface area contributed by atoms with Crippen LogP contribution in [-0.4, -0.2) is 22.6 Å². The maximum absolute atomic E-state index is 11.5. The summed E-state index contributed by atoms with van der Waals surface area (Å²) in [6, 6.07) is 4.77. The summed E-state index contributed by atoms with van der Waals surface area (Å²) in [5, 5.41) is 15.6. The molecule has 1 aromatic heterocycles. The lowest BCUT2D eigenvalue weighted by Crippen LogP contribution is -2.33. The smallest absolute Gasteiger partial charge is 0.381 e. The van der Waals surface area contributed by atoms with Crippen molar-refractivity contribution in [2.45, 2.75) is 0 Å². The molecule has 2 aromatic rings. The number of aromatic nitrogens is 3. The van der Waals surface area contributed by atoms with E-state index in [0.717, 1.165) is 0 Å². The van der Waals surface area contributed by atoms with Gasteiger partial charge in [-0.25, -0.2) is 0 Å². The van der Waals surface area contributed by atoms with Gasteiger partial charge in [0.15, 0.2) is 0 Å². The third-order valence-corrected chi connectivity index (χ3v) is 2.23. The average molecular weight is 260 g/mol. The topological polar surface area (TPSA) is 62.0 Å². The third kappa shape index (κ3) is 2.25. The predicted molar refractivity (Wildman–Crippen MR) is 59.7 cm³/mol. The molecule has 0 fully saturated rings. The van der Waals surface area contributed by atoms with Gasteiger partial charge in [0, 0.05) is 11.1 Å². The van der Waals surface area contributed by atoms with Gasteiger partial charge in [-0.05, 0) is 17.0 Å². The Morgan fingerprint density at radius 1 is 1.44 bits per heavy atom. The van der Waals surface area contributed by atoms with Gasteiger partial charge in [0.25, 0.3) is 5.52 Å². The van der Waals surface area contributed by atoms with Crippen LogP contribution in [0.15, 0.2) is 18.2 Å². The van der Waals surface area contributed by atoms with Crippen LogP contribution < -0.4 is 9.58 Å². The highest BCUT2D eigenvalue weighted by atomic mass is 35.5. The molecule has 1 aromatic carbocycles. The summed E-state index contributed by atoms with van der Waals surface area (Å²) in [4.78, 5) is 4.47. The zero-order valence-electron chi connectivity index (χ0n) is 8.06. The Morgan fingerprint density at radius 3 is 3.00 bits per heavy atom. The van der Waals surface area contributed by atoms with Crippen molar-refractivity contribution >= 4 is 34.2 Å². The molecule has 7 heteroatoms. The van der Waals surface area contributed by atoms with E-state index in [-0.39, 0.29) is 12.6 Å². The van der Waals surface area contributed by atoms with Crippen molar-refractivity contribution in [1.29, 1.82) is 0 Å². The summed E-state index contributed by atoms with van der Waals surface area (Å²) in [5.74, 6) is 0.306. The maximum atomic E-state index is 11.5. The van der Waals surface area contributed by atoms with E-state index in [1.807, 2.05) is 0 Å². The van der Waals surface area contributed by atoms with Crippen molar-refractivity contribution in [3.63, 3.8) is 0 Å². The van der Waals surface area contributed by atoms with Gasteiger partial charge in [0.2, 0.25) is 0 Å². The molecule has 1 heterocycles. The Labute approximate surface area is 101 Å². The number of nitrogens with zero attached hydrogens (tertiary/aromatic N) is 3. The molecule has 0 atom stereocenters. The average Bonchev–Trinajstić information content (AvgIpc) is 2.27. The summed E-state index contributed by atoms with van der Waals surface area (Å²) < 4.78 is 5.07. The predicted octanol–water partition coefficient (Wildman–Crippen LogP) is 1.53. The lowest BCUT2D eigenvalue weighted by atomic mass is 10.3. The second kappa shape index (κ2) is 4.67. The number of rotatable bonds is 3. The number of alkyl halides is 1. The zero-order valence-corrected chi connectivity index (χ0v) is 9.57. The molecule has 0 aliphatic heterocycles. The molecule has 16 heavy (non-hydrogen) atoms. The molecule has 0 saturated heterocycles. The van der Waals surface area contributed by atoms with Gasteiger partial charge in [-0.3, -0.25) is 0 Å². The van der Waals surface area contributed by atoms with Crippen LogP contribution in [0.25, 0.3) is 11.0 Å². The van der Waals surface area contributed by atoms with Crippen molar-refractivity contribution < 1.29 is 9.58 Å². The van der Waals surface area contributed by atoms with E-state index in [0.29, 0.717) is 26.8 Å². The van der Waals surface area contributed by atoms with Gasteiger partial charge < -0.3 is 9.94 Å². The van der Waals surface area contributed by atoms with Crippen molar-refractivity contribution in [1.82, 2.24) is 10.1 Å². The highest BCUT2D eigenvalue weighted by molar-refractivity contribution is 6.31. The van der Waals surface area contributed by atoms with Crippen LogP contribution >= 0.6 is 23.2 Å². The first-order valence-electron chi connectivity index (χ1n) is 4.46. The fraction of sp³-hybridized carbons (Fsp3) is 0.222. The van der Waals surface area contributed by atoms with Crippen molar-refractivity contribution in [2.75, 3.05) is 12.5 Å². The highest BCUT2D eigenvalue weighted by Crippen LogP contribution is 2.15. The minimum atomic E-state index is 0.00507. The number of halogens is 2. The summed E-state index contributed by atoms with van der Waals surface area (Å²) in [7, 11) is 0. The summed E-state index contributed by atoms with van der Waals surface area (Å²) in [6.45, 7) is 0.251. The molecule has 2 rings (SSSR count). The molecule has 0 radical (unpaired) electrons. The van der Waals surface area contributed by atoms with Gasteiger partial charge >= 0.3 is 6.01 Å². The van der Waals surface area contributed by atoms with Crippen LogP contribution in [0.2, 0.25) is 5.02 Å². The first kappa shape index (κ1) is 11.2. The van der Waals surface area contributed by atoms with Crippen LogP contribution in [0.3, 0.4) is 0 Å². The minimum absolute atomic E-state index is 0.00507. The molecule has 0 aliphatic carbocycles. The number of fused-ring (bicyclic) bond motifs is 1. The molecule has 0 saturated carbocycles. The molecular formula is C9H7Cl2N3O2. The first-order valence-corrected chi connectivity index (χ1v) is 5.38. The normalized spacial score (nSPS) is 10.6. The standard InChI is InChI=1S/C9H7Cl2N3O2/c10-3-4-16-9-12-7-2-1-6(11)5-8(7)14(15)13-9/h1-2,5H,3-4H2. The fourth-order valence-corrected chi connectivity index (χ4v) is 1.44. The second-order valence-electron chi connectivity index (χ2n) is 2.94. The van der Waals surface area contributed by atoms with E-state index in [1.54, 1.807) is 12.1 Å². The van der Waals surface area contributed by atoms with E-state index < -0.39 is 0 Å². The van der Waals surface area contributed by atoms with Crippen LogP contribution in [0, 0.1) is 5.21 Å². The van der Waals surface area contributed by atoms with E-state index in [9.17, 15) is 5.21 Å². The summed E-state index contributed by atoms with van der Waals surface area (Å²) >= 11 is 11.2. The molecule has 0 aliphatic rings. The van der Waals surface area contributed by atoms with Crippen LogP contribution in [0.5, 0.6) is 6.01 Å². The first-order chi connectivity index (χ1) is 7.70. The Morgan fingerprint density at radius 2 is 2.25 bits per heavy atom. The maximum Gasteiger partial charge on any atom is 0.381 e. The minimum Gasteiger partial charge on any atom is -0.594 e. The largest absolute Gasteiger partial charge is 0.594 e. The molecule has 84 valence electrons. The van der Waals surface area contributed by atoms with Gasteiger partial charge in [-0.15, -0.1) is 11.6 Å². The van der Waals surface area contributed by atoms with E-state index in [2.05, 4.69) is 10.1 Å². The zero-order chi connectivity index (χ0) is 11.5. The SMILES string of the molecule is [O-][n+]1nc(OCCCl)nc2ccc(Cl)cc21. The Hall–Kier alpha value is -1.33. The molecule has 0 N–H and O–H groups in total. The number of ether oxygens (including phenoxy) is 1. The lowest BCUT2D eigenvalue weighted by Gasteiger charge is -2.03. The fourth-order valence-electron chi connectivity index (χ4n) is 1.19. The molecule has 0 bridgehead atoms. The number of benzene rings is 1. The van der Waals surface area contributed by atoms with Crippen LogP contribution in [0.1, 0.15) is 0 Å². The molecule has 0 spiro atoms. The second-order valence-corrected chi connectivity index (χ2v) is 3.75. The van der Waals surface area contributed by atoms with Crippen molar-refractivity contribution in [2.24, 2.45) is 0 Å². The summed E-state index contributed by atoms with van der Waals surface area (Å²) in [5.41, 5.74) is 0.768. The van der Waals surface area contributed by atoms with Gasteiger partial charge in [0.05, 0.1) is 11.0 Å². The monoisotopic (exact) mass is 259 g/mol. The third-order valence-electron chi connectivity index (χ3n) is 1.84. The van der Waals surface area contributed by atoms with Crippen LogP contribution in [-0.2, 0) is 0 Å². The molecule has 5 nitrogen and oxygen atoms in total. The van der Waals surface area contributed by atoms with E-state index >= 15 is 0 Å². The van der Waals surface area contributed by atoms with Gasteiger partial charge in [-0.2, -0.15) is 4.98 Å². The Bertz CT molecular complexity index is 521. The van der Waals surface area contributed by atoms with Crippen LogP contribution in [0.4, 0.5) is 0 Å². The van der Waals surface area contributed by atoms with E-state index in [1.165, 1.54) is 6.07 Å². The lowest BCUT2D eigenvalue weighted by molar-refractivity contribution is -0.643. The summed E-state index contributed by atoms with van der Waals surface area (Å²) in [6.07, 6.45) is 0. The Kier molecular flexibility index (Phi) is 3.26. The number of hydrogen-bond acceptors (Lipinski definition) is 4.